The Morgan fingerprint density at radius 3 is 2.77 bits per heavy atom. The molecule has 0 spiro atoms. The number of rotatable bonds is 4. The lowest BCUT2D eigenvalue weighted by Gasteiger charge is -2.02. The van der Waals surface area contributed by atoms with Gasteiger partial charge in [0.2, 0.25) is 0 Å². The topological polar surface area (TPSA) is 126 Å². The van der Waals surface area contributed by atoms with Gasteiger partial charge < -0.3 is 24.4 Å². The molecule has 4 aromatic rings. The molecule has 3 N–H and O–H groups in total. The normalized spacial score (nSPS) is 12.8. The maximum Gasteiger partial charge on any atom is 0.339 e. The Balaban J connectivity index is 1.53. The Labute approximate surface area is 172 Å². The number of nitrogens with zero attached hydrogens (tertiary/aromatic N) is 1. The number of amides is 1. The van der Waals surface area contributed by atoms with Gasteiger partial charge in [0.15, 0.2) is 16.7 Å². The zero-order chi connectivity index (χ0) is 20.8. The van der Waals surface area contributed by atoms with Gasteiger partial charge in [-0.1, -0.05) is 18.2 Å². The molecular formula is C21H14N2O6S. The molecular weight excluding hydrogens is 408 g/mol. The molecule has 0 bridgehead atoms. The first-order valence-corrected chi connectivity index (χ1v) is 9.94. The van der Waals surface area contributed by atoms with Crippen molar-refractivity contribution >= 4 is 51.3 Å². The number of phenolic OH excluding ortho intramolecular Hbond substituents is 1. The van der Waals surface area contributed by atoms with Gasteiger partial charge in [0.1, 0.15) is 21.7 Å². The Morgan fingerprint density at radius 1 is 1.17 bits per heavy atom. The number of hydrogen-bond donors (Lipinski definition) is 3. The van der Waals surface area contributed by atoms with E-state index < -0.39 is 11.9 Å². The Kier molecular flexibility index (Phi) is 4.18. The van der Waals surface area contributed by atoms with Crippen LogP contribution in [0, 0.1) is 0 Å². The van der Waals surface area contributed by atoms with Gasteiger partial charge in [-0.2, -0.15) is 0 Å². The minimum Gasteiger partial charge on any atom is -0.504 e. The molecule has 30 heavy (non-hydrogen) atoms. The van der Waals surface area contributed by atoms with Crippen molar-refractivity contribution in [3.63, 3.8) is 0 Å². The number of oxazole rings is 1. The summed E-state index contributed by atoms with van der Waals surface area (Å²) in [4.78, 5) is 28.7. The summed E-state index contributed by atoms with van der Waals surface area (Å²) in [6.07, 6.45) is 5.39. The van der Waals surface area contributed by atoms with E-state index in [1.807, 2.05) is 12.2 Å². The van der Waals surface area contributed by atoms with Crippen LogP contribution in [0.25, 0.3) is 34.4 Å². The van der Waals surface area contributed by atoms with Crippen molar-refractivity contribution in [1.82, 2.24) is 4.98 Å². The van der Waals surface area contributed by atoms with Crippen molar-refractivity contribution < 1.29 is 28.6 Å². The predicted octanol–water partition coefficient (Wildman–Crippen LogP) is 3.16. The highest BCUT2D eigenvalue weighted by atomic mass is 32.1. The second-order valence-electron chi connectivity index (χ2n) is 6.67. The summed E-state index contributed by atoms with van der Waals surface area (Å²) in [5.41, 5.74) is 0.991. The fraction of sp³-hybridized carbons (Fsp3) is 0.0952. The molecule has 9 heteroatoms. The number of aromatic carboxylic acids is 1. The van der Waals surface area contributed by atoms with Crippen LogP contribution in [0.3, 0.4) is 0 Å². The molecule has 3 heterocycles. The Morgan fingerprint density at radius 2 is 2.00 bits per heavy atom. The molecule has 5 rings (SSSR count). The average molecular weight is 422 g/mol. The minimum absolute atomic E-state index is 0.0409. The number of carboxylic acid groups (broad SMARTS) is 1. The molecule has 0 unspecified atom stereocenters. The number of carboxylic acids is 1. The number of hydrogen-bond acceptors (Lipinski definition) is 7. The van der Waals surface area contributed by atoms with Crippen molar-refractivity contribution in [3.05, 3.63) is 51.9 Å². The molecule has 3 aromatic heterocycles. The maximum absolute atomic E-state index is 12.6. The van der Waals surface area contributed by atoms with E-state index in [-0.39, 0.29) is 33.5 Å². The van der Waals surface area contributed by atoms with Crippen LogP contribution in [0.1, 0.15) is 33.9 Å². The van der Waals surface area contributed by atoms with Crippen LogP contribution in [-0.4, -0.2) is 27.1 Å². The molecule has 0 atom stereocenters. The smallest absolute Gasteiger partial charge is 0.339 e. The number of benzene rings is 1. The molecule has 8 nitrogen and oxygen atoms in total. The van der Waals surface area contributed by atoms with Crippen LogP contribution in [0.2, 0.25) is 0 Å². The molecule has 0 aliphatic heterocycles. The summed E-state index contributed by atoms with van der Waals surface area (Å²) in [5, 5.41) is 25.2. The van der Waals surface area contributed by atoms with E-state index in [0.29, 0.717) is 21.7 Å². The van der Waals surface area contributed by atoms with Gasteiger partial charge in [-0.05, 0) is 31.1 Å². The van der Waals surface area contributed by atoms with Gasteiger partial charge in [0.05, 0.1) is 0 Å². The molecule has 0 fully saturated rings. The highest BCUT2D eigenvalue weighted by Gasteiger charge is 2.25. The van der Waals surface area contributed by atoms with E-state index in [0.717, 1.165) is 24.2 Å². The van der Waals surface area contributed by atoms with Gasteiger partial charge in [-0.15, -0.1) is 11.3 Å². The first-order valence-electron chi connectivity index (χ1n) is 9.06. The third kappa shape index (κ3) is 2.96. The van der Waals surface area contributed by atoms with Gasteiger partial charge in [-0.25, -0.2) is 9.78 Å². The fourth-order valence-corrected chi connectivity index (χ4v) is 4.28. The second kappa shape index (κ2) is 6.89. The quantitative estimate of drug-likeness (QED) is 0.461. The first-order chi connectivity index (χ1) is 14.5. The number of aromatic nitrogens is 1. The standard InChI is InChI=1S/C21H14N2O6S/c24-13-6-3-4-10-8-15(28-17(10)13)11-9-30-20(16(11)21(26)27)23-18(25)19-22-12-5-1-2-7-14(12)29-19/h3-9,24H,1-2H2,(H,23,25)(H,26,27). The van der Waals surface area contributed by atoms with Crippen LogP contribution >= 0.6 is 11.3 Å². The molecule has 1 aliphatic rings. The first kappa shape index (κ1) is 18.2. The zero-order valence-corrected chi connectivity index (χ0v) is 16.2. The summed E-state index contributed by atoms with van der Waals surface area (Å²) < 4.78 is 11.2. The lowest BCUT2D eigenvalue weighted by molar-refractivity contribution is 0.0699. The van der Waals surface area contributed by atoms with E-state index in [1.165, 1.54) is 6.07 Å². The van der Waals surface area contributed by atoms with Crippen LogP contribution in [0.4, 0.5) is 5.00 Å². The van der Waals surface area contributed by atoms with E-state index in [9.17, 15) is 19.8 Å². The summed E-state index contributed by atoms with van der Waals surface area (Å²) >= 11 is 1.05. The van der Waals surface area contributed by atoms with Crippen molar-refractivity contribution in [2.24, 2.45) is 0 Å². The molecule has 0 radical (unpaired) electrons. The van der Waals surface area contributed by atoms with Gasteiger partial charge in [-0.3, -0.25) is 4.79 Å². The third-order valence-corrected chi connectivity index (χ3v) is 5.63. The number of carbonyl (C=O) groups excluding carboxylic acids is 1. The SMILES string of the molecule is O=C(Nc1scc(-c2cc3cccc(O)c3o2)c1C(=O)O)c1nc2c(o1)=CCCC=2. The van der Waals surface area contributed by atoms with E-state index >= 15 is 0 Å². The highest BCUT2D eigenvalue weighted by Crippen LogP contribution is 2.39. The number of anilines is 1. The Hall–Kier alpha value is -3.85. The van der Waals surface area contributed by atoms with Crippen LogP contribution in [0.5, 0.6) is 5.75 Å². The number of nitrogens with one attached hydrogen (secondary N) is 1. The largest absolute Gasteiger partial charge is 0.504 e. The summed E-state index contributed by atoms with van der Waals surface area (Å²) in [5.74, 6) is -1.75. The second-order valence-corrected chi connectivity index (χ2v) is 7.55. The van der Waals surface area contributed by atoms with Crippen molar-refractivity contribution in [3.8, 4) is 17.1 Å². The third-order valence-electron chi connectivity index (χ3n) is 4.73. The Bertz CT molecular complexity index is 1410. The summed E-state index contributed by atoms with van der Waals surface area (Å²) in [6, 6.07) is 6.54. The molecule has 1 amide bonds. The lowest BCUT2D eigenvalue weighted by atomic mass is 10.1. The van der Waals surface area contributed by atoms with Gasteiger partial charge >= 0.3 is 11.9 Å². The number of carbonyl (C=O) groups is 2. The van der Waals surface area contributed by atoms with Crippen molar-refractivity contribution in [2.75, 3.05) is 5.32 Å². The maximum atomic E-state index is 12.6. The number of furan rings is 1. The van der Waals surface area contributed by atoms with E-state index in [1.54, 1.807) is 23.6 Å². The van der Waals surface area contributed by atoms with Crippen molar-refractivity contribution in [2.45, 2.75) is 12.8 Å². The van der Waals surface area contributed by atoms with Crippen LogP contribution < -0.4 is 16.1 Å². The van der Waals surface area contributed by atoms with E-state index in [4.69, 9.17) is 8.83 Å². The molecule has 1 aliphatic carbocycles. The summed E-state index contributed by atoms with van der Waals surface area (Å²) in [6.45, 7) is 0. The predicted molar refractivity (Wildman–Crippen MR) is 110 cm³/mol. The van der Waals surface area contributed by atoms with Gasteiger partial charge in [0.25, 0.3) is 5.89 Å². The highest BCUT2D eigenvalue weighted by molar-refractivity contribution is 7.15. The van der Waals surface area contributed by atoms with Crippen LogP contribution in [-0.2, 0) is 0 Å². The minimum atomic E-state index is -1.22. The number of fused-ring (bicyclic) bond motifs is 2. The number of aromatic hydroxyl groups is 1. The number of para-hydroxylation sites is 1. The molecule has 0 saturated carbocycles. The fourth-order valence-electron chi connectivity index (χ4n) is 3.35. The molecule has 1 aromatic carbocycles. The number of phenols is 1. The van der Waals surface area contributed by atoms with E-state index in [2.05, 4.69) is 10.3 Å². The van der Waals surface area contributed by atoms with Crippen LogP contribution in [0.15, 0.2) is 38.5 Å². The molecule has 0 saturated heterocycles. The molecule has 150 valence electrons. The monoisotopic (exact) mass is 422 g/mol. The number of thiophene rings is 1. The lowest BCUT2D eigenvalue weighted by Crippen LogP contribution is -2.24. The average Bonchev–Trinajstić information content (AvgIpc) is 3.44. The zero-order valence-electron chi connectivity index (χ0n) is 15.3. The van der Waals surface area contributed by atoms with Gasteiger partial charge in [0, 0.05) is 16.3 Å². The summed E-state index contributed by atoms with van der Waals surface area (Å²) in [7, 11) is 0. The van der Waals surface area contributed by atoms with Crippen molar-refractivity contribution in [1.29, 1.82) is 0 Å².